The highest BCUT2D eigenvalue weighted by atomic mass is 16.5. The van der Waals surface area contributed by atoms with Crippen molar-refractivity contribution >= 4 is 11.4 Å². The van der Waals surface area contributed by atoms with Crippen LogP contribution in [-0.4, -0.2) is 14.2 Å². The summed E-state index contributed by atoms with van der Waals surface area (Å²) >= 11 is 0. The van der Waals surface area contributed by atoms with Gasteiger partial charge >= 0.3 is 0 Å². The SMILES string of the molecule is COc1cc(CN2c3ccccc3Cc3ccccc32)cc(OC)c1. The Labute approximate surface area is 148 Å². The molecule has 0 N–H and O–H groups in total. The summed E-state index contributed by atoms with van der Waals surface area (Å²) in [7, 11) is 3.37. The first kappa shape index (κ1) is 15.6. The van der Waals surface area contributed by atoms with E-state index in [0.717, 1.165) is 30.0 Å². The van der Waals surface area contributed by atoms with Crippen LogP contribution in [0.25, 0.3) is 0 Å². The Morgan fingerprint density at radius 3 is 1.80 bits per heavy atom. The molecular formula is C22H21NO2. The lowest BCUT2D eigenvalue weighted by atomic mass is 9.95. The zero-order valence-electron chi connectivity index (χ0n) is 14.5. The van der Waals surface area contributed by atoms with Gasteiger partial charge < -0.3 is 14.4 Å². The molecule has 0 amide bonds. The molecular weight excluding hydrogens is 310 g/mol. The zero-order chi connectivity index (χ0) is 17.2. The molecule has 126 valence electrons. The molecule has 3 nitrogen and oxygen atoms in total. The number of fused-ring (bicyclic) bond motifs is 2. The molecule has 0 aromatic heterocycles. The molecule has 0 bridgehead atoms. The molecule has 3 aromatic rings. The van der Waals surface area contributed by atoms with Gasteiger partial charge in [0.25, 0.3) is 0 Å². The normalized spacial score (nSPS) is 12.3. The number of rotatable bonds is 4. The molecule has 3 aromatic carbocycles. The highest BCUT2D eigenvalue weighted by Gasteiger charge is 2.22. The maximum Gasteiger partial charge on any atom is 0.122 e. The summed E-state index contributed by atoms with van der Waals surface area (Å²) in [5.74, 6) is 1.63. The molecule has 0 saturated heterocycles. The van der Waals surface area contributed by atoms with E-state index in [2.05, 4.69) is 65.6 Å². The summed E-state index contributed by atoms with van der Waals surface area (Å²) in [4.78, 5) is 2.38. The van der Waals surface area contributed by atoms with Crippen molar-refractivity contribution in [3.63, 3.8) is 0 Å². The van der Waals surface area contributed by atoms with Gasteiger partial charge in [-0.1, -0.05) is 36.4 Å². The van der Waals surface area contributed by atoms with E-state index in [1.54, 1.807) is 14.2 Å². The average molecular weight is 331 g/mol. The minimum atomic E-state index is 0.765. The van der Waals surface area contributed by atoms with Gasteiger partial charge in [0.2, 0.25) is 0 Å². The molecule has 0 atom stereocenters. The molecule has 1 aliphatic rings. The van der Waals surface area contributed by atoms with Crippen LogP contribution in [0.15, 0.2) is 66.7 Å². The van der Waals surface area contributed by atoms with Gasteiger partial charge in [0, 0.05) is 30.4 Å². The fourth-order valence-corrected chi connectivity index (χ4v) is 3.49. The summed E-state index contributed by atoms with van der Waals surface area (Å²) < 4.78 is 10.9. The number of ether oxygens (including phenoxy) is 2. The van der Waals surface area contributed by atoms with Crippen LogP contribution < -0.4 is 14.4 Å². The lowest BCUT2D eigenvalue weighted by Gasteiger charge is -2.33. The minimum Gasteiger partial charge on any atom is -0.497 e. The van der Waals surface area contributed by atoms with Crippen molar-refractivity contribution in [2.45, 2.75) is 13.0 Å². The summed E-state index contributed by atoms with van der Waals surface area (Å²) in [6.07, 6.45) is 0.976. The summed E-state index contributed by atoms with van der Waals surface area (Å²) in [6, 6.07) is 23.3. The van der Waals surface area contributed by atoms with Crippen molar-refractivity contribution in [1.29, 1.82) is 0 Å². The van der Waals surface area contributed by atoms with E-state index >= 15 is 0 Å². The molecule has 0 spiro atoms. The highest BCUT2D eigenvalue weighted by Crippen LogP contribution is 2.39. The fraction of sp³-hybridized carbons (Fsp3) is 0.182. The highest BCUT2D eigenvalue weighted by molar-refractivity contribution is 5.74. The van der Waals surface area contributed by atoms with Crippen LogP contribution in [0.2, 0.25) is 0 Å². The van der Waals surface area contributed by atoms with Crippen molar-refractivity contribution in [2.24, 2.45) is 0 Å². The third-order valence-electron chi connectivity index (χ3n) is 4.70. The zero-order valence-corrected chi connectivity index (χ0v) is 14.5. The molecule has 4 rings (SSSR count). The largest absolute Gasteiger partial charge is 0.497 e. The molecule has 1 heterocycles. The van der Waals surface area contributed by atoms with Crippen LogP contribution in [0.3, 0.4) is 0 Å². The predicted molar refractivity (Wildman–Crippen MR) is 101 cm³/mol. The van der Waals surface area contributed by atoms with Crippen LogP contribution in [-0.2, 0) is 13.0 Å². The van der Waals surface area contributed by atoms with Gasteiger partial charge in [0.05, 0.1) is 14.2 Å². The van der Waals surface area contributed by atoms with Crippen molar-refractivity contribution in [2.75, 3.05) is 19.1 Å². The number of benzene rings is 3. The van der Waals surface area contributed by atoms with Gasteiger partial charge in [-0.15, -0.1) is 0 Å². The second-order valence-corrected chi connectivity index (χ2v) is 6.24. The maximum atomic E-state index is 5.43. The van der Waals surface area contributed by atoms with E-state index < -0.39 is 0 Å². The van der Waals surface area contributed by atoms with Gasteiger partial charge in [-0.3, -0.25) is 0 Å². The first-order valence-electron chi connectivity index (χ1n) is 8.44. The number of hydrogen-bond donors (Lipinski definition) is 0. The Balaban J connectivity index is 1.78. The number of hydrogen-bond acceptors (Lipinski definition) is 3. The van der Waals surface area contributed by atoms with Gasteiger partial charge in [0.15, 0.2) is 0 Å². The molecule has 1 aliphatic heterocycles. The Hall–Kier alpha value is -2.94. The van der Waals surface area contributed by atoms with Crippen molar-refractivity contribution < 1.29 is 9.47 Å². The second-order valence-electron chi connectivity index (χ2n) is 6.24. The number of anilines is 2. The minimum absolute atomic E-state index is 0.765. The van der Waals surface area contributed by atoms with Gasteiger partial charge in [-0.05, 0) is 41.0 Å². The van der Waals surface area contributed by atoms with E-state index in [9.17, 15) is 0 Å². The van der Waals surface area contributed by atoms with E-state index in [1.807, 2.05) is 6.07 Å². The summed E-state index contributed by atoms with van der Waals surface area (Å²) in [5, 5.41) is 0. The van der Waals surface area contributed by atoms with E-state index in [-0.39, 0.29) is 0 Å². The van der Waals surface area contributed by atoms with Crippen molar-refractivity contribution in [1.82, 2.24) is 0 Å². The topological polar surface area (TPSA) is 21.7 Å². The quantitative estimate of drug-likeness (QED) is 0.675. The molecule has 0 saturated carbocycles. The van der Waals surface area contributed by atoms with Crippen LogP contribution in [0.4, 0.5) is 11.4 Å². The third kappa shape index (κ3) is 2.93. The lowest BCUT2D eigenvalue weighted by molar-refractivity contribution is 0.393. The fourth-order valence-electron chi connectivity index (χ4n) is 3.49. The smallest absolute Gasteiger partial charge is 0.122 e. The van der Waals surface area contributed by atoms with Crippen LogP contribution >= 0.6 is 0 Å². The average Bonchev–Trinajstić information content (AvgIpc) is 2.67. The molecule has 0 aliphatic carbocycles. The van der Waals surface area contributed by atoms with Gasteiger partial charge in [-0.2, -0.15) is 0 Å². The van der Waals surface area contributed by atoms with Crippen LogP contribution in [0.1, 0.15) is 16.7 Å². The summed E-state index contributed by atoms with van der Waals surface area (Å²) in [6.45, 7) is 0.765. The standard InChI is InChI=1S/C22H21NO2/c1-24-19-11-16(12-20(14-19)25-2)15-23-21-9-5-3-7-17(21)13-18-8-4-6-10-22(18)23/h3-12,14H,13,15H2,1-2H3. The third-order valence-corrected chi connectivity index (χ3v) is 4.70. The first-order valence-corrected chi connectivity index (χ1v) is 8.44. The maximum absolute atomic E-state index is 5.43. The number of methoxy groups -OCH3 is 2. The van der Waals surface area contributed by atoms with Crippen LogP contribution in [0.5, 0.6) is 11.5 Å². The Kier molecular flexibility index (Phi) is 4.06. The van der Waals surface area contributed by atoms with E-state index in [4.69, 9.17) is 9.47 Å². The lowest BCUT2D eigenvalue weighted by Crippen LogP contribution is -2.23. The summed E-state index contributed by atoms with van der Waals surface area (Å²) in [5.41, 5.74) is 6.40. The Morgan fingerprint density at radius 1 is 0.760 bits per heavy atom. The number of nitrogens with zero attached hydrogens (tertiary/aromatic N) is 1. The van der Waals surface area contributed by atoms with Crippen molar-refractivity contribution in [3.8, 4) is 11.5 Å². The molecule has 0 fully saturated rings. The monoisotopic (exact) mass is 331 g/mol. The van der Waals surface area contributed by atoms with Crippen LogP contribution in [0, 0.1) is 0 Å². The molecule has 3 heteroatoms. The molecule has 0 radical (unpaired) electrons. The number of para-hydroxylation sites is 2. The predicted octanol–water partition coefficient (Wildman–Crippen LogP) is 4.95. The van der Waals surface area contributed by atoms with Crippen molar-refractivity contribution in [3.05, 3.63) is 83.4 Å². The Bertz CT molecular complexity index is 836. The molecule has 0 unspecified atom stereocenters. The second kappa shape index (κ2) is 6.52. The first-order chi connectivity index (χ1) is 12.3. The van der Waals surface area contributed by atoms with Gasteiger partial charge in [-0.25, -0.2) is 0 Å². The van der Waals surface area contributed by atoms with E-state index in [0.29, 0.717) is 0 Å². The van der Waals surface area contributed by atoms with Gasteiger partial charge in [0.1, 0.15) is 11.5 Å². The molecule has 25 heavy (non-hydrogen) atoms. The van der Waals surface area contributed by atoms with E-state index in [1.165, 1.54) is 22.5 Å². The Morgan fingerprint density at radius 2 is 1.28 bits per heavy atom.